The van der Waals surface area contributed by atoms with Gasteiger partial charge in [0.05, 0.1) is 18.5 Å². The molecule has 47 heavy (non-hydrogen) atoms. The molecule has 3 heterocycles. The number of amides is 5. The van der Waals surface area contributed by atoms with E-state index in [0.29, 0.717) is 30.3 Å². The molecule has 2 fully saturated rings. The van der Waals surface area contributed by atoms with E-state index in [-0.39, 0.29) is 62.1 Å². The average molecular weight is 655 g/mol. The first-order valence-corrected chi connectivity index (χ1v) is 15.7. The number of carbonyl (C=O) groups excluding carboxylic acids is 5. The molecule has 15 heteroatoms. The van der Waals surface area contributed by atoms with Gasteiger partial charge in [-0.1, -0.05) is 6.07 Å². The van der Waals surface area contributed by atoms with Gasteiger partial charge in [0.15, 0.2) is 6.61 Å². The molecule has 2 atom stereocenters. The predicted octanol–water partition coefficient (Wildman–Crippen LogP) is 1.31. The summed E-state index contributed by atoms with van der Waals surface area (Å²) in [4.78, 5) is 85.2. The fourth-order valence-corrected chi connectivity index (χ4v) is 5.63. The fraction of sp³-hybridized carbons (Fsp3) is 0.531. The molecule has 1 aromatic heterocycles. The van der Waals surface area contributed by atoms with E-state index in [1.807, 2.05) is 26.8 Å². The first-order valence-electron chi connectivity index (χ1n) is 15.7. The van der Waals surface area contributed by atoms with Crippen LogP contribution in [0.5, 0.6) is 5.75 Å². The standard InChI is InChI=1S/C32H42N6O9/c1-5-46-32(45)37-13-11-36(12-14-37)31(44)24(17-28(40)41)35-29(42)23-16-26(21-9-8-20(4)15-22(21)34-23)47-18-27(39)38-10-6-7-25(38)30(43)33-19(2)3/h8-9,15-16,19,24-25H,5-7,10-14,17-18H2,1-4H3,(H,33,43)(H,35,42)(H,40,41)/t24-,25-/m0/s1. The van der Waals surface area contributed by atoms with Crippen LogP contribution in [0.25, 0.3) is 10.9 Å². The van der Waals surface area contributed by atoms with E-state index in [2.05, 4.69) is 15.6 Å². The van der Waals surface area contributed by atoms with Crippen LogP contribution in [-0.4, -0.2) is 125 Å². The molecular weight excluding hydrogens is 612 g/mol. The first-order chi connectivity index (χ1) is 22.4. The second kappa shape index (κ2) is 15.6. The summed E-state index contributed by atoms with van der Waals surface area (Å²) in [6.07, 6.45) is 0.0585. The number of carbonyl (C=O) groups is 6. The summed E-state index contributed by atoms with van der Waals surface area (Å²) in [6, 6.07) is 4.58. The fourth-order valence-electron chi connectivity index (χ4n) is 5.63. The van der Waals surface area contributed by atoms with Crippen molar-refractivity contribution in [2.24, 2.45) is 0 Å². The maximum Gasteiger partial charge on any atom is 0.409 e. The minimum Gasteiger partial charge on any atom is -0.483 e. The number of carboxylic acid groups (broad SMARTS) is 1. The van der Waals surface area contributed by atoms with Gasteiger partial charge >= 0.3 is 12.1 Å². The number of aliphatic carboxylic acids is 1. The van der Waals surface area contributed by atoms with Gasteiger partial charge < -0.3 is 39.9 Å². The average Bonchev–Trinajstić information content (AvgIpc) is 3.53. The van der Waals surface area contributed by atoms with Crippen LogP contribution < -0.4 is 15.4 Å². The van der Waals surface area contributed by atoms with Crippen LogP contribution >= 0.6 is 0 Å². The summed E-state index contributed by atoms with van der Waals surface area (Å²) in [5, 5.41) is 15.4. The van der Waals surface area contributed by atoms with Crippen molar-refractivity contribution in [1.82, 2.24) is 30.3 Å². The molecule has 2 aliphatic heterocycles. The molecule has 0 aliphatic carbocycles. The van der Waals surface area contributed by atoms with Crippen LogP contribution in [-0.2, 0) is 23.9 Å². The van der Waals surface area contributed by atoms with Crippen LogP contribution in [0.4, 0.5) is 4.79 Å². The zero-order valence-corrected chi connectivity index (χ0v) is 27.1. The Bertz CT molecular complexity index is 1520. The van der Waals surface area contributed by atoms with Crippen molar-refractivity contribution in [1.29, 1.82) is 0 Å². The van der Waals surface area contributed by atoms with Gasteiger partial charge in [-0.3, -0.25) is 24.0 Å². The quantitative estimate of drug-likeness (QED) is 0.319. The zero-order chi connectivity index (χ0) is 34.2. The third-order valence-corrected chi connectivity index (χ3v) is 7.92. The van der Waals surface area contributed by atoms with Crippen LogP contribution in [0.2, 0.25) is 0 Å². The Morgan fingerprint density at radius 3 is 2.36 bits per heavy atom. The highest BCUT2D eigenvalue weighted by Crippen LogP contribution is 2.27. The first kappa shape index (κ1) is 34.9. The summed E-state index contributed by atoms with van der Waals surface area (Å²) in [7, 11) is 0. The Hall–Kier alpha value is -4.95. The minimum atomic E-state index is -1.40. The van der Waals surface area contributed by atoms with Crippen LogP contribution in [0, 0.1) is 6.92 Å². The summed E-state index contributed by atoms with van der Waals surface area (Å²) in [5.41, 5.74) is 1.10. The van der Waals surface area contributed by atoms with Crippen molar-refractivity contribution in [3.8, 4) is 5.75 Å². The summed E-state index contributed by atoms with van der Waals surface area (Å²) in [6.45, 7) is 8.14. The molecule has 4 rings (SSSR count). The number of benzene rings is 1. The van der Waals surface area contributed by atoms with Crippen molar-refractivity contribution < 1.29 is 43.3 Å². The van der Waals surface area contributed by atoms with Crippen molar-refractivity contribution in [3.63, 3.8) is 0 Å². The SMILES string of the molecule is CCOC(=O)N1CCN(C(=O)[C@H](CC(=O)O)NC(=O)c2cc(OCC(=O)N3CCC[C@H]3C(=O)NC(C)C)c3ccc(C)cc3n2)CC1. The molecule has 2 aliphatic rings. The topological polar surface area (TPSA) is 188 Å². The minimum absolute atomic E-state index is 0.0700. The van der Waals surface area contributed by atoms with E-state index in [9.17, 15) is 33.9 Å². The Balaban J connectivity index is 1.50. The number of fused-ring (bicyclic) bond motifs is 1. The Morgan fingerprint density at radius 1 is 1.00 bits per heavy atom. The molecule has 0 unspecified atom stereocenters. The van der Waals surface area contributed by atoms with E-state index in [4.69, 9.17) is 9.47 Å². The molecule has 0 radical (unpaired) electrons. The smallest absolute Gasteiger partial charge is 0.409 e. The number of nitrogens with zero attached hydrogens (tertiary/aromatic N) is 4. The third kappa shape index (κ3) is 8.86. The maximum absolute atomic E-state index is 13.5. The lowest BCUT2D eigenvalue weighted by Crippen LogP contribution is -2.56. The lowest BCUT2D eigenvalue weighted by Gasteiger charge is -2.35. The highest BCUT2D eigenvalue weighted by molar-refractivity contribution is 6.00. The van der Waals surface area contributed by atoms with E-state index < -0.39 is 49.0 Å². The van der Waals surface area contributed by atoms with E-state index in [1.165, 1.54) is 20.8 Å². The second-order valence-electron chi connectivity index (χ2n) is 11.9. The molecule has 0 spiro atoms. The highest BCUT2D eigenvalue weighted by atomic mass is 16.6. The molecule has 0 saturated carbocycles. The van der Waals surface area contributed by atoms with Crippen LogP contribution in [0.1, 0.15) is 56.1 Å². The number of rotatable bonds is 11. The monoisotopic (exact) mass is 654 g/mol. The molecular formula is C32H42N6O9. The highest BCUT2D eigenvalue weighted by Gasteiger charge is 2.35. The number of aryl methyl sites for hydroxylation is 1. The van der Waals surface area contributed by atoms with Crippen molar-refractivity contribution >= 4 is 46.6 Å². The zero-order valence-electron chi connectivity index (χ0n) is 27.1. The summed E-state index contributed by atoms with van der Waals surface area (Å²) in [5.74, 6) is -3.12. The number of piperazine rings is 1. The normalized spacial score (nSPS) is 17.0. The largest absolute Gasteiger partial charge is 0.483 e. The van der Waals surface area contributed by atoms with Gasteiger partial charge in [0.2, 0.25) is 11.8 Å². The Labute approximate surface area is 272 Å². The van der Waals surface area contributed by atoms with Gasteiger partial charge in [-0.25, -0.2) is 9.78 Å². The van der Waals surface area contributed by atoms with Crippen molar-refractivity contribution in [3.05, 3.63) is 35.5 Å². The molecule has 3 N–H and O–H groups in total. The number of aromatic nitrogens is 1. The predicted molar refractivity (Wildman–Crippen MR) is 169 cm³/mol. The third-order valence-electron chi connectivity index (χ3n) is 7.92. The number of pyridine rings is 1. The Morgan fingerprint density at radius 2 is 1.70 bits per heavy atom. The molecule has 2 saturated heterocycles. The van der Waals surface area contributed by atoms with Gasteiger partial charge in [-0.15, -0.1) is 0 Å². The summed E-state index contributed by atoms with van der Waals surface area (Å²) < 4.78 is 10.9. The maximum atomic E-state index is 13.5. The lowest BCUT2D eigenvalue weighted by molar-refractivity contribution is -0.143. The van der Waals surface area contributed by atoms with Crippen LogP contribution in [0.3, 0.4) is 0 Å². The number of nitrogens with one attached hydrogen (secondary N) is 2. The van der Waals surface area contributed by atoms with Gasteiger partial charge in [0, 0.05) is 50.2 Å². The second-order valence-corrected chi connectivity index (χ2v) is 11.9. The van der Waals surface area contributed by atoms with E-state index in [1.54, 1.807) is 19.1 Å². The molecule has 2 aromatic rings. The molecule has 0 bridgehead atoms. The Kier molecular flexibility index (Phi) is 11.6. The van der Waals surface area contributed by atoms with Gasteiger partial charge in [-0.05, 0) is 58.2 Å². The van der Waals surface area contributed by atoms with Gasteiger partial charge in [-0.2, -0.15) is 0 Å². The number of carboxylic acids is 1. The van der Waals surface area contributed by atoms with Gasteiger partial charge in [0.25, 0.3) is 11.8 Å². The number of likely N-dealkylation sites (tertiary alicyclic amines) is 1. The van der Waals surface area contributed by atoms with Crippen molar-refractivity contribution in [2.75, 3.05) is 45.9 Å². The van der Waals surface area contributed by atoms with E-state index in [0.717, 1.165) is 5.56 Å². The molecule has 1 aromatic carbocycles. The van der Waals surface area contributed by atoms with E-state index >= 15 is 0 Å². The molecule has 5 amide bonds. The van der Waals surface area contributed by atoms with Gasteiger partial charge in [0.1, 0.15) is 23.5 Å². The number of hydrogen-bond acceptors (Lipinski definition) is 9. The number of ether oxygens (including phenoxy) is 2. The lowest BCUT2D eigenvalue weighted by atomic mass is 10.1. The van der Waals surface area contributed by atoms with Crippen LogP contribution in [0.15, 0.2) is 24.3 Å². The molecule has 254 valence electrons. The summed E-state index contributed by atoms with van der Waals surface area (Å²) >= 11 is 0. The van der Waals surface area contributed by atoms with Crippen molar-refractivity contribution in [2.45, 2.75) is 65.1 Å². The molecule has 15 nitrogen and oxygen atoms in total. The number of hydrogen-bond donors (Lipinski definition) is 3.